The molecular weight excluding hydrogens is 629 g/mol. The first-order chi connectivity index (χ1) is 21.6. The molecule has 0 aliphatic carbocycles. The van der Waals surface area contributed by atoms with E-state index in [0.29, 0.717) is 32.3 Å². The smallest absolute Gasteiger partial charge is 0.346 e. The van der Waals surface area contributed by atoms with Gasteiger partial charge in [-0.1, -0.05) is 78.2 Å². The van der Waals surface area contributed by atoms with Crippen molar-refractivity contribution in [1.82, 2.24) is 4.90 Å². The van der Waals surface area contributed by atoms with Crippen molar-refractivity contribution in [2.24, 2.45) is 0 Å². The highest BCUT2D eigenvalue weighted by atomic mass is 32.2. The summed E-state index contributed by atoms with van der Waals surface area (Å²) in [5.41, 5.74) is 2.27. The van der Waals surface area contributed by atoms with Gasteiger partial charge in [0, 0.05) is 16.0 Å². The highest BCUT2D eigenvalue weighted by molar-refractivity contribution is 8.32. The van der Waals surface area contributed by atoms with E-state index in [1.165, 1.54) is 23.5 Å². The molecule has 3 aromatic rings. The number of carbonyl (C=O) groups is 4. The van der Waals surface area contributed by atoms with E-state index in [9.17, 15) is 19.2 Å². The zero-order chi connectivity index (χ0) is 32.0. The second-order valence-corrected chi connectivity index (χ2v) is 13.6. The van der Waals surface area contributed by atoms with Crippen molar-refractivity contribution in [2.75, 3.05) is 25.2 Å². The number of hydrogen-bond acceptors (Lipinski definition) is 9. The summed E-state index contributed by atoms with van der Waals surface area (Å²) in [5, 5.41) is 0. The summed E-state index contributed by atoms with van der Waals surface area (Å²) in [6, 6.07) is 21.5. The number of benzene rings is 3. The van der Waals surface area contributed by atoms with E-state index in [-0.39, 0.29) is 17.7 Å². The lowest BCUT2D eigenvalue weighted by atomic mass is 9.83. The van der Waals surface area contributed by atoms with Crippen LogP contribution in [0.4, 0.5) is 5.69 Å². The molecule has 11 heteroatoms. The molecule has 0 saturated heterocycles. The average Bonchev–Trinajstić information content (AvgIpc) is 3.58. The van der Waals surface area contributed by atoms with Crippen LogP contribution in [0.15, 0.2) is 81.9 Å². The lowest BCUT2D eigenvalue weighted by molar-refractivity contribution is -0.137. The Bertz CT molecular complexity index is 1830. The molecule has 0 bridgehead atoms. The maximum absolute atomic E-state index is 14.1. The Balaban J connectivity index is 1.44. The summed E-state index contributed by atoms with van der Waals surface area (Å²) in [4.78, 5) is 57.8. The van der Waals surface area contributed by atoms with E-state index < -0.39 is 35.8 Å². The van der Waals surface area contributed by atoms with Crippen LogP contribution in [0, 0.1) is 0 Å². The van der Waals surface area contributed by atoms with Crippen molar-refractivity contribution >= 4 is 80.5 Å². The van der Waals surface area contributed by atoms with Crippen molar-refractivity contribution in [2.45, 2.75) is 26.3 Å². The van der Waals surface area contributed by atoms with E-state index in [4.69, 9.17) is 21.7 Å². The summed E-state index contributed by atoms with van der Waals surface area (Å²) in [6.45, 7) is 5.22. The molecule has 0 atom stereocenters. The molecule has 0 radical (unpaired) electrons. The number of carbonyl (C=O) groups excluding carboxylic acids is 4. The highest BCUT2D eigenvalue weighted by Crippen LogP contribution is 2.59. The first-order valence-corrected chi connectivity index (χ1v) is 16.2. The van der Waals surface area contributed by atoms with Crippen LogP contribution in [0.25, 0.3) is 10.5 Å². The Hall–Kier alpha value is -4.19. The first-order valence-electron chi connectivity index (χ1n) is 14.2. The summed E-state index contributed by atoms with van der Waals surface area (Å²) in [6.07, 6.45) is 0. The maximum Gasteiger partial charge on any atom is 0.346 e. The third kappa shape index (κ3) is 5.18. The second kappa shape index (κ2) is 12.0. The Kier molecular flexibility index (Phi) is 8.19. The normalized spacial score (nSPS) is 18.7. The van der Waals surface area contributed by atoms with Crippen LogP contribution in [0.3, 0.4) is 0 Å². The fourth-order valence-corrected chi connectivity index (χ4v) is 8.75. The number of thioether (sulfide) groups is 2. The number of thiocarbonyl (C=S) groups is 1. The minimum absolute atomic E-state index is 0.233. The Labute approximate surface area is 274 Å². The number of anilines is 1. The summed E-state index contributed by atoms with van der Waals surface area (Å²) >= 11 is 8.88. The number of methoxy groups -OCH3 is 1. The summed E-state index contributed by atoms with van der Waals surface area (Å²) < 4.78 is 11.8. The Morgan fingerprint density at radius 2 is 1.53 bits per heavy atom. The molecule has 228 valence electrons. The SMILES string of the molecule is CCOC(=O)C1=C(c2ccccc2)S/C(=C2\C(=S)C(C)(C)N(C(=O)CN3C(=O)c4ccccc4C3=O)c3ccc(OC)cc32)S1. The van der Waals surface area contributed by atoms with Gasteiger partial charge in [0.1, 0.15) is 17.2 Å². The Morgan fingerprint density at radius 1 is 0.889 bits per heavy atom. The van der Waals surface area contributed by atoms with E-state index in [1.807, 2.05) is 50.2 Å². The molecule has 3 aromatic carbocycles. The molecule has 8 nitrogen and oxygen atoms in total. The van der Waals surface area contributed by atoms with E-state index in [0.717, 1.165) is 19.6 Å². The van der Waals surface area contributed by atoms with Crippen molar-refractivity contribution in [3.63, 3.8) is 0 Å². The number of imide groups is 1. The molecule has 3 aliphatic rings. The molecule has 0 fully saturated rings. The number of amides is 3. The van der Waals surface area contributed by atoms with Crippen LogP contribution in [-0.2, 0) is 14.3 Å². The molecule has 0 saturated carbocycles. The van der Waals surface area contributed by atoms with Crippen LogP contribution in [-0.4, -0.2) is 59.3 Å². The third-order valence-corrected chi connectivity index (χ3v) is 11.1. The molecule has 3 heterocycles. The lowest BCUT2D eigenvalue weighted by Crippen LogP contribution is -2.58. The molecule has 0 spiro atoms. The first kappa shape index (κ1) is 30.8. The fraction of sp³-hybridized carbons (Fsp3) is 0.206. The standard InChI is InChI=1S/C34H28N2O6S3/c1-5-42-32(40)28-27(19-11-7-6-8-12-19)44-33(45-28)26-23-17-20(41-4)15-16-24(23)36(34(2,3)29(26)43)25(37)18-35-30(38)21-13-9-10-14-22(21)31(35)39/h6-17H,5,18H2,1-4H3/b33-26+. The lowest BCUT2D eigenvalue weighted by Gasteiger charge is -2.45. The number of esters is 1. The maximum atomic E-state index is 14.1. The number of nitrogens with zero attached hydrogens (tertiary/aromatic N) is 2. The van der Waals surface area contributed by atoms with Crippen LogP contribution >= 0.6 is 35.7 Å². The van der Waals surface area contributed by atoms with Crippen LogP contribution < -0.4 is 9.64 Å². The minimum atomic E-state index is -1.05. The third-order valence-electron chi connectivity index (χ3n) is 7.77. The van der Waals surface area contributed by atoms with Crippen LogP contribution in [0.1, 0.15) is 52.6 Å². The van der Waals surface area contributed by atoms with Gasteiger partial charge in [-0.2, -0.15) is 0 Å². The van der Waals surface area contributed by atoms with Gasteiger partial charge in [0.05, 0.1) is 45.2 Å². The van der Waals surface area contributed by atoms with Crippen LogP contribution in [0.5, 0.6) is 5.75 Å². The number of rotatable bonds is 6. The quantitative estimate of drug-likeness (QED) is 0.126. The van der Waals surface area contributed by atoms with Gasteiger partial charge in [-0.25, -0.2) is 4.79 Å². The average molecular weight is 657 g/mol. The molecule has 3 aliphatic heterocycles. The molecule has 0 N–H and O–H groups in total. The van der Waals surface area contributed by atoms with Crippen molar-refractivity contribution in [3.05, 3.63) is 104 Å². The zero-order valence-electron chi connectivity index (χ0n) is 24.9. The Morgan fingerprint density at radius 3 is 2.16 bits per heavy atom. The summed E-state index contributed by atoms with van der Waals surface area (Å²) in [5.74, 6) is -1.35. The van der Waals surface area contributed by atoms with Crippen LogP contribution in [0.2, 0.25) is 0 Å². The van der Waals surface area contributed by atoms with E-state index >= 15 is 0 Å². The second-order valence-electron chi connectivity index (χ2n) is 10.9. The van der Waals surface area contributed by atoms with Gasteiger partial charge < -0.3 is 9.47 Å². The topological polar surface area (TPSA) is 93.2 Å². The van der Waals surface area contributed by atoms with E-state index in [2.05, 4.69) is 0 Å². The molecule has 6 rings (SSSR count). The van der Waals surface area contributed by atoms with Gasteiger partial charge in [0.25, 0.3) is 11.8 Å². The van der Waals surface area contributed by atoms with Crippen molar-refractivity contribution < 1.29 is 28.7 Å². The molecule has 0 aromatic heterocycles. The van der Waals surface area contributed by atoms with Gasteiger partial charge in [-0.3, -0.25) is 24.2 Å². The number of fused-ring (bicyclic) bond motifs is 2. The largest absolute Gasteiger partial charge is 0.497 e. The number of ether oxygens (including phenoxy) is 2. The van der Waals surface area contributed by atoms with Gasteiger partial charge in [-0.15, -0.1) is 0 Å². The van der Waals surface area contributed by atoms with Crippen molar-refractivity contribution in [1.29, 1.82) is 0 Å². The summed E-state index contributed by atoms with van der Waals surface area (Å²) in [7, 11) is 1.55. The molecule has 0 unspecified atom stereocenters. The van der Waals surface area contributed by atoms with Gasteiger partial charge >= 0.3 is 5.97 Å². The van der Waals surface area contributed by atoms with E-state index in [1.54, 1.807) is 55.3 Å². The molecule has 45 heavy (non-hydrogen) atoms. The predicted molar refractivity (Wildman–Crippen MR) is 181 cm³/mol. The fourth-order valence-electron chi connectivity index (χ4n) is 5.62. The number of hydrogen-bond donors (Lipinski definition) is 0. The van der Waals surface area contributed by atoms with Gasteiger partial charge in [0.2, 0.25) is 5.91 Å². The van der Waals surface area contributed by atoms with Gasteiger partial charge in [0.15, 0.2) is 0 Å². The zero-order valence-corrected chi connectivity index (χ0v) is 27.4. The molecular formula is C34H28N2O6S3. The van der Waals surface area contributed by atoms with Crippen molar-refractivity contribution in [3.8, 4) is 5.75 Å². The van der Waals surface area contributed by atoms with Gasteiger partial charge in [-0.05, 0) is 56.7 Å². The molecule has 3 amide bonds. The highest BCUT2D eigenvalue weighted by Gasteiger charge is 2.47. The predicted octanol–water partition coefficient (Wildman–Crippen LogP) is 6.57. The monoisotopic (exact) mass is 656 g/mol. The minimum Gasteiger partial charge on any atom is -0.497 e.